The van der Waals surface area contributed by atoms with Gasteiger partial charge in [-0.05, 0) is 30.5 Å². The van der Waals surface area contributed by atoms with Gasteiger partial charge >= 0.3 is 6.18 Å². The maximum Gasteiger partial charge on any atom is 0.416 e. The minimum atomic E-state index is -4.48. The van der Waals surface area contributed by atoms with E-state index in [4.69, 9.17) is 4.74 Å². The van der Waals surface area contributed by atoms with E-state index in [1.807, 2.05) is 0 Å². The Balaban J connectivity index is 1.67. The third-order valence-corrected chi connectivity index (χ3v) is 4.13. The molecule has 5 nitrogen and oxygen atoms in total. The fraction of sp³-hybridized carbons (Fsp3) is 0.529. The van der Waals surface area contributed by atoms with Gasteiger partial charge < -0.3 is 4.74 Å². The second kappa shape index (κ2) is 8.73. The molecule has 0 aromatic heterocycles. The molecule has 8 heteroatoms. The Kier molecular flexibility index (Phi) is 6.66. The van der Waals surface area contributed by atoms with Crippen LogP contribution in [0.5, 0.6) is 5.75 Å². The fourth-order valence-electron chi connectivity index (χ4n) is 2.78. The van der Waals surface area contributed by atoms with Gasteiger partial charge in [0, 0.05) is 6.42 Å². The lowest BCUT2D eigenvalue weighted by Gasteiger charge is -2.11. The molecule has 138 valence electrons. The number of benzene rings is 1. The smallest absolute Gasteiger partial charge is 0.416 e. The highest BCUT2D eigenvalue weighted by atomic mass is 19.4. The molecule has 0 aliphatic heterocycles. The molecule has 1 aliphatic carbocycles. The molecular weight excluding hydrogens is 337 g/mol. The number of carbonyl (C=O) groups excluding carboxylic acids is 2. The van der Waals surface area contributed by atoms with Crippen LogP contribution in [0.25, 0.3) is 0 Å². The highest BCUT2D eigenvalue weighted by Gasteiger charge is 2.30. The molecule has 1 aromatic rings. The first kappa shape index (κ1) is 19.1. The van der Waals surface area contributed by atoms with Gasteiger partial charge in [0.25, 0.3) is 5.91 Å². The largest absolute Gasteiger partial charge is 0.484 e. The molecule has 0 spiro atoms. The van der Waals surface area contributed by atoms with Crippen LogP contribution in [0.15, 0.2) is 24.3 Å². The van der Waals surface area contributed by atoms with E-state index in [0.29, 0.717) is 12.3 Å². The van der Waals surface area contributed by atoms with Gasteiger partial charge in [-0.3, -0.25) is 20.4 Å². The minimum Gasteiger partial charge on any atom is -0.484 e. The summed E-state index contributed by atoms with van der Waals surface area (Å²) in [6.07, 6.45) is 1.34. The highest BCUT2D eigenvalue weighted by Crippen LogP contribution is 2.31. The van der Waals surface area contributed by atoms with Gasteiger partial charge in [0.15, 0.2) is 6.61 Å². The van der Waals surface area contributed by atoms with Crippen molar-refractivity contribution in [2.75, 3.05) is 6.61 Å². The molecule has 0 radical (unpaired) electrons. The molecule has 0 heterocycles. The SMILES string of the molecule is O=C(CCC1CCCC1)NNC(=O)COc1cccc(C(F)(F)F)c1. The monoisotopic (exact) mass is 358 g/mol. The van der Waals surface area contributed by atoms with Crippen LogP contribution in [0.1, 0.15) is 44.1 Å². The summed E-state index contributed by atoms with van der Waals surface area (Å²) in [6.45, 7) is -0.496. The van der Waals surface area contributed by atoms with E-state index < -0.39 is 24.3 Å². The Morgan fingerprint density at radius 3 is 2.48 bits per heavy atom. The molecule has 1 aliphatic rings. The summed E-state index contributed by atoms with van der Waals surface area (Å²) < 4.78 is 42.7. The Hall–Kier alpha value is -2.25. The number of hydrogen-bond donors (Lipinski definition) is 2. The van der Waals surface area contributed by atoms with E-state index >= 15 is 0 Å². The number of hydrogen-bond acceptors (Lipinski definition) is 3. The highest BCUT2D eigenvalue weighted by molar-refractivity contribution is 5.82. The van der Waals surface area contributed by atoms with Crippen molar-refractivity contribution in [2.24, 2.45) is 5.92 Å². The zero-order valence-corrected chi connectivity index (χ0v) is 13.7. The number of amides is 2. The summed E-state index contributed by atoms with van der Waals surface area (Å²) >= 11 is 0. The molecule has 1 saturated carbocycles. The topological polar surface area (TPSA) is 67.4 Å². The average Bonchev–Trinajstić information content (AvgIpc) is 3.09. The predicted molar refractivity (Wildman–Crippen MR) is 84.4 cm³/mol. The van der Waals surface area contributed by atoms with Crippen molar-refractivity contribution in [1.82, 2.24) is 10.9 Å². The lowest BCUT2D eigenvalue weighted by atomic mass is 10.0. The van der Waals surface area contributed by atoms with Crippen molar-refractivity contribution >= 4 is 11.8 Å². The number of nitrogens with one attached hydrogen (secondary N) is 2. The summed E-state index contributed by atoms with van der Waals surface area (Å²) in [6, 6.07) is 4.24. The predicted octanol–water partition coefficient (Wildman–Crippen LogP) is 3.20. The van der Waals surface area contributed by atoms with Crippen molar-refractivity contribution in [3.05, 3.63) is 29.8 Å². The van der Waals surface area contributed by atoms with E-state index in [2.05, 4.69) is 10.9 Å². The molecule has 2 N–H and O–H groups in total. The van der Waals surface area contributed by atoms with Gasteiger partial charge in [-0.15, -0.1) is 0 Å². The minimum absolute atomic E-state index is 0.0717. The van der Waals surface area contributed by atoms with Crippen molar-refractivity contribution < 1.29 is 27.5 Å². The second-order valence-corrected chi connectivity index (χ2v) is 6.10. The van der Waals surface area contributed by atoms with Crippen LogP contribution >= 0.6 is 0 Å². The van der Waals surface area contributed by atoms with Gasteiger partial charge in [0.05, 0.1) is 5.56 Å². The van der Waals surface area contributed by atoms with Gasteiger partial charge in [0.1, 0.15) is 5.75 Å². The molecule has 0 saturated heterocycles. The Bertz CT molecular complexity index is 599. The molecule has 2 amide bonds. The summed E-state index contributed by atoms with van der Waals surface area (Å²) in [5.74, 6) is -0.436. The molecular formula is C17H21F3N2O3. The molecule has 1 fully saturated rings. The number of rotatable bonds is 6. The van der Waals surface area contributed by atoms with E-state index in [9.17, 15) is 22.8 Å². The van der Waals surface area contributed by atoms with Crippen molar-refractivity contribution in [1.29, 1.82) is 0 Å². The van der Waals surface area contributed by atoms with E-state index in [-0.39, 0.29) is 11.7 Å². The van der Waals surface area contributed by atoms with E-state index in [1.165, 1.54) is 25.0 Å². The first-order chi connectivity index (χ1) is 11.8. The van der Waals surface area contributed by atoms with Crippen LogP contribution in [0.4, 0.5) is 13.2 Å². The third kappa shape index (κ3) is 6.64. The second-order valence-electron chi connectivity index (χ2n) is 6.10. The third-order valence-electron chi connectivity index (χ3n) is 4.13. The van der Waals surface area contributed by atoms with Crippen molar-refractivity contribution in [2.45, 2.75) is 44.7 Å². The number of carbonyl (C=O) groups is 2. The van der Waals surface area contributed by atoms with Gasteiger partial charge in [-0.25, -0.2) is 0 Å². The lowest BCUT2D eigenvalue weighted by molar-refractivity contribution is -0.137. The first-order valence-corrected chi connectivity index (χ1v) is 8.22. The summed E-state index contributed by atoms with van der Waals surface area (Å²) in [5.41, 5.74) is 3.61. The van der Waals surface area contributed by atoms with E-state index in [0.717, 1.165) is 31.4 Å². The number of ether oxygens (including phenoxy) is 1. The maximum atomic E-state index is 12.6. The van der Waals surface area contributed by atoms with E-state index in [1.54, 1.807) is 0 Å². The van der Waals surface area contributed by atoms with Crippen LogP contribution in [0, 0.1) is 5.92 Å². The fourth-order valence-corrected chi connectivity index (χ4v) is 2.78. The average molecular weight is 358 g/mol. The van der Waals surface area contributed by atoms with Crippen LogP contribution in [0.2, 0.25) is 0 Å². The summed E-state index contributed by atoms with van der Waals surface area (Å²) in [4.78, 5) is 23.2. The Morgan fingerprint density at radius 2 is 1.80 bits per heavy atom. The number of alkyl halides is 3. The number of halogens is 3. The van der Waals surface area contributed by atoms with Crippen LogP contribution < -0.4 is 15.6 Å². The van der Waals surface area contributed by atoms with Gasteiger partial charge in [-0.1, -0.05) is 31.7 Å². The molecule has 1 aromatic carbocycles. The standard InChI is InChI=1S/C17H21F3N2O3/c18-17(19,20)13-6-3-7-14(10-13)25-11-16(24)22-21-15(23)9-8-12-4-1-2-5-12/h3,6-7,10,12H,1-2,4-5,8-9,11H2,(H,21,23)(H,22,24). The molecule has 2 rings (SSSR count). The van der Waals surface area contributed by atoms with Crippen LogP contribution in [0.3, 0.4) is 0 Å². The summed E-state index contributed by atoms with van der Waals surface area (Å²) in [7, 11) is 0. The van der Waals surface area contributed by atoms with Gasteiger partial charge in [-0.2, -0.15) is 13.2 Å². The lowest BCUT2D eigenvalue weighted by Crippen LogP contribution is -2.43. The quantitative estimate of drug-likeness (QED) is 0.768. The Labute approximate surface area is 143 Å². The maximum absolute atomic E-state index is 12.6. The molecule has 0 unspecified atom stereocenters. The zero-order chi connectivity index (χ0) is 18.3. The zero-order valence-electron chi connectivity index (χ0n) is 13.7. The molecule has 25 heavy (non-hydrogen) atoms. The van der Waals surface area contributed by atoms with Crippen LogP contribution in [-0.4, -0.2) is 18.4 Å². The molecule has 0 atom stereocenters. The van der Waals surface area contributed by atoms with Gasteiger partial charge in [0.2, 0.25) is 5.91 Å². The normalized spacial score (nSPS) is 15.0. The van der Waals surface area contributed by atoms with Crippen molar-refractivity contribution in [3.63, 3.8) is 0 Å². The first-order valence-electron chi connectivity index (χ1n) is 8.22. The van der Waals surface area contributed by atoms with Crippen molar-refractivity contribution in [3.8, 4) is 5.75 Å². The molecule has 0 bridgehead atoms. The Morgan fingerprint density at radius 1 is 1.12 bits per heavy atom. The summed E-state index contributed by atoms with van der Waals surface area (Å²) in [5, 5.41) is 0. The van der Waals surface area contributed by atoms with Crippen LogP contribution in [-0.2, 0) is 15.8 Å². The number of hydrazine groups is 1.